The van der Waals surface area contributed by atoms with E-state index in [2.05, 4.69) is 35.3 Å². The molecule has 3 rings (SSSR count). The summed E-state index contributed by atoms with van der Waals surface area (Å²) in [5, 5.41) is 0. The van der Waals surface area contributed by atoms with E-state index in [0.29, 0.717) is 0 Å². The van der Waals surface area contributed by atoms with Gasteiger partial charge in [0.25, 0.3) is 0 Å². The first-order valence-electron chi connectivity index (χ1n) is 7.86. The summed E-state index contributed by atoms with van der Waals surface area (Å²) in [4.78, 5) is 2.66. The molecule has 0 N–H and O–H groups in total. The van der Waals surface area contributed by atoms with Gasteiger partial charge in [0.15, 0.2) is 0 Å². The van der Waals surface area contributed by atoms with E-state index in [1.54, 1.807) is 11.1 Å². The lowest BCUT2D eigenvalue weighted by atomic mass is 9.87. The molecule has 1 heteroatoms. The van der Waals surface area contributed by atoms with Gasteiger partial charge in [0.1, 0.15) is 0 Å². The lowest BCUT2D eigenvalue weighted by Crippen LogP contribution is -2.33. The SMILES string of the molecule is C1=CCC=CC(CCN2CCC3=C(CCCC3)C2)=C1. The van der Waals surface area contributed by atoms with E-state index in [9.17, 15) is 0 Å². The molecule has 0 aromatic heterocycles. The average Bonchev–Trinajstić information content (AvgIpc) is 2.73. The van der Waals surface area contributed by atoms with Gasteiger partial charge in [-0.3, -0.25) is 4.90 Å². The van der Waals surface area contributed by atoms with Crippen LogP contribution >= 0.6 is 0 Å². The lowest BCUT2D eigenvalue weighted by molar-refractivity contribution is 0.278. The second-order valence-corrected chi connectivity index (χ2v) is 6.00. The second-order valence-electron chi connectivity index (χ2n) is 6.00. The van der Waals surface area contributed by atoms with Gasteiger partial charge >= 0.3 is 0 Å². The molecule has 3 aliphatic rings. The Bertz CT molecular complexity index is 437. The van der Waals surface area contributed by atoms with Gasteiger partial charge < -0.3 is 0 Å². The normalized spacial score (nSPS) is 24.1. The molecule has 0 amide bonds. The predicted octanol–water partition coefficient (Wildman–Crippen LogP) is 4.40. The molecule has 1 heterocycles. The Balaban J connectivity index is 1.53. The molecular weight excluding hydrogens is 230 g/mol. The summed E-state index contributed by atoms with van der Waals surface area (Å²) in [5.74, 6) is 0. The van der Waals surface area contributed by atoms with Crippen LogP contribution in [0.25, 0.3) is 0 Å². The van der Waals surface area contributed by atoms with Gasteiger partial charge in [0.05, 0.1) is 0 Å². The van der Waals surface area contributed by atoms with Crippen LogP contribution < -0.4 is 0 Å². The fraction of sp³-hybridized carbons (Fsp3) is 0.556. The summed E-state index contributed by atoms with van der Waals surface area (Å²) in [6, 6.07) is 0. The zero-order valence-electron chi connectivity index (χ0n) is 11.9. The minimum atomic E-state index is 1.08. The van der Waals surface area contributed by atoms with Crippen molar-refractivity contribution in [3.8, 4) is 0 Å². The monoisotopic (exact) mass is 255 g/mol. The van der Waals surface area contributed by atoms with Gasteiger partial charge in [0, 0.05) is 19.6 Å². The van der Waals surface area contributed by atoms with Crippen LogP contribution in [0.1, 0.15) is 44.9 Å². The Hall–Kier alpha value is -1.08. The number of hydrogen-bond acceptors (Lipinski definition) is 1. The van der Waals surface area contributed by atoms with Crippen LogP contribution in [0, 0.1) is 0 Å². The fourth-order valence-electron chi connectivity index (χ4n) is 3.43. The van der Waals surface area contributed by atoms with Crippen LogP contribution in [0.15, 0.2) is 47.1 Å². The van der Waals surface area contributed by atoms with E-state index in [0.717, 1.165) is 6.42 Å². The van der Waals surface area contributed by atoms with E-state index in [1.807, 2.05) is 0 Å². The summed E-state index contributed by atoms with van der Waals surface area (Å²) in [7, 11) is 0. The minimum absolute atomic E-state index is 1.08. The predicted molar refractivity (Wildman–Crippen MR) is 82.1 cm³/mol. The number of nitrogens with zero attached hydrogens (tertiary/aromatic N) is 1. The molecule has 0 radical (unpaired) electrons. The highest BCUT2D eigenvalue weighted by Crippen LogP contribution is 2.31. The Morgan fingerprint density at radius 3 is 2.84 bits per heavy atom. The van der Waals surface area contributed by atoms with Gasteiger partial charge in [-0.25, -0.2) is 0 Å². The van der Waals surface area contributed by atoms with Crippen LogP contribution in [0.5, 0.6) is 0 Å². The van der Waals surface area contributed by atoms with Crippen molar-refractivity contribution in [1.29, 1.82) is 0 Å². The minimum Gasteiger partial charge on any atom is -0.299 e. The molecule has 1 nitrogen and oxygen atoms in total. The lowest BCUT2D eigenvalue weighted by Gasteiger charge is -2.33. The van der Waals surface area contributed by atoms with Crippen molar-refractivity contribution in [3.05, 3.63) is 47.1 Å². The van der Waals surface area contributed by atoms with Gasteiger partial charge in [0.2, 0.25) is 0 Å². The second kappa shape index (κ2) is 6.38. The standard InChI is InChI=1S/C18H25N/c1-2-4-8-16(7-3-1)11-13-19-14-12-17-9-5-6-10-18(17)15-19/h1,3-4,7-8H,2,5-6,9-15H2. The molecule has 0 atom stereocenters. The van der Waals surface area contributed by atoms with E-state index in [4.69, 9.17) is 0 Å². The summed E-state index contributed by atoms with van der Waals surface area (Å²) >= 11 is 0. The third-order valence-electron chi connectivity index (χ3n) is 4.62. The molecule has 102 valence electrons. The first-order valence-corrected chi connectivity index (χ1v) is 7.86. The van der Waals surface area contributed by atoms with Crippen molar-refractivity contribution in [2.24, 2.45) is 0 Å². The van der Waals surface area contributed by atoms with Crippen LogP contribution in [0.3, 0.4) is 0 Å². The third kappa shape index (κ3) is 3.48. The number of hydrogen-bond donors (Lipinski definition) is 0. The Kier molecular flexibility index (Phi) is 4.34. The van der Waals surface area contributed by atoms with Crippen LogP contribution in [-0.2, 0) is 0 Å². The first kappa shape index (κ1) is 12.9. The summed E-state index contributed by atoms with van der Waals surface area (Å²) in [5.41, 5.74) is 5.07. The van der Waals surface area contributed by atoms with Gasteiger partial charge in [-0.05, 0) is 50.5 Å². The molecule has 0 fully saturated rings. The highest BCUT2D eigenvalue weighted by Gasteiger charge is 2.20. The van der Waals surface area contributed by atoms with Gasteiger partial charge in [-0.15, -0.1) is 0 Å². The molecule has 0 bridgehead atoms. The zero-order chi connectivity index (χ0) is 12.9. The maximum atomic E-state index is 2.66. The topological polar surface area (TPSA) is 3.24 Å². The maximum Gasteiger partial charge on any atom is 0.0195 e. The molecule has 0 saturated heterocycles. The number of allylic oxidation sites excluding steroid dienone is 5. The zero-order valence-corrected chi connectivity index (χ0v) is 11.9. The van der Waals surface area contributed by atoms with E-state index < -0.39 is 0 Å². The molecular formula is C18H25N. The smallest absolute Gasteiger partial charge is 0.0195 e. The number of rotatable bonds is 3. The van der Waals surface area contributed by atoms with E-state index in [-0.39, 0.29) is 0 Å². The average molecular weight is 255 g/mol. The van der Waals surface area contributed by atoms with Gasteiger partial charge in [-0.1, -0.05) is 41.5 Å². The van der Waals surface area contributed by atoms with Crippen molar-refractivity contribution in [2.45, 2.75) is 44.9 Å². The van der Waals surface area contributed by atoms with Crippen molar-refractivity contribution in [1.82, 2.24) is 4.90 Å². The van der Waals surface area contributed by atoms with Crippen LogP contribution in [-0.4, -0.2) is 24.5 Å². The van der Waals surface area contributed by atoms with Gasteiger partial charge in [-0.2, -0.15) is 0 Å². The molecule has 0 aromatic carbocycles. The quantitative estimate of drug-likeness (QED) is 0.676. The molecule has 0 saturated carbocycles. The van der Waals surface area contributed by atoms with E-state index in [1.165, 1.54) is 63.7 Å². The maximum absolute atomic E-state index is 2.66. The molecule has 2 aliphatic carbocycles. The highest BCUT2D eigenvalue weighted by atomic mass is 15.1. The molecule has 0 unspecified atom stereocenters. The largest absolute Gasteiger partial charge is 0.299 e. The Morgan fingerprint density at radius 1 is 1.00 bits per heavy atom. The molecule has 0 aromatic rings. The fourth-order valence-corrected chi connectivity index (χ4v) is 3.43. The molecule has 1 aliphatic heterocycles. The van der Waals surface area contributed by atoms with E-state index >= 15 is 0 Å². The molecule has 19 heavy (non-hydrogen) atoms. The van der Waals surface area contributed by atoms with Crippen molar-refractivity contribution < 1.29 is 0 Å². The summed E-state index contributed by atoms with van der Waals surface area (Å²) in [6.45, 7) is 3.76. The van der Waals surface area contributed by atoms with Crippen LogP contribution in [0.2, 0.25) is 0 Å². The Morgan fingerprint density at radius 2 is 1.89 bits per heavy atom. The summed E-state index contributed by atoms with van der Waals surface area (Å²) < 4.78 is 0. The van der Waals surface area contributed by atoms with Crippen molar-refractivity contribution in [2.75, 3.05) is 19.6 Å². The van der Waals surface area contributed by atoms with Crippen molar-refractivity contribution >= 4 is 0 Å². The highest BCUT2D eigenvalue weighted by molar-refractivity contribution is 5.27. The van der Waals surface area contributed by atoms with Crippen LogP contribution in [0.4, 0.5) is 0 Å². The summed E-state index contributed by atoms with van der Waals surface area (Å²) in [6.07, 6.45) is 20.5. The third-order valence-corrected chi connectivity index (χ3v) is 4.62. The van der Waals surface area contributed by atoms with Crippen molar-refractivity contribution in [3.63, 3.8) is 0 Å². The molecule has 0 spiro atoms. The Labute approximate surface area is 117 Å². The first-order chi connectivity index (χ1) is 9.42.